The fourth-order valence-electron chi connectivity index (χ4n) is 1.99. The smallest absolute Gasteiger partial charge is 0.248 e. The minimum Gasteiger partial charge on any atom is -0.378 e. The van der Waals surface area contributed by atoms with Crippen molar-refractivity contribution < 1.29 is 9.53 Å². The van der Waals surface area contributed by atoms with Gasteiger partial charge < -0.3 is 10.5 Å². The molecule has 0 aliphatic carbocycles. The molecule has 1 aromatic rings. The van der Waals surface area contributed by atoms with E-state index in [1.54, 1.807) is 6.07 Å². The monoisotopic (exact) mass is 205 g/mol. The number of hydrogen-bond acceptors (Lipinski definition) is 2. The molecule has 1 heterocycles. The highest BCUT2D eigenvalue weighted by Gasteiger charge is 2.18. The van der Waals surface area contributed by atoms with Crippen LogP contribution in [0.2, 0.25) is 0 Å². The summed E-state index contributed by atoms with van der Waals surface area (Å²) in [6.45, 7) is 0.837. The highest BCUT2D eigenvalue weighted by molar-refractivity contribution is 5.94. The fraction of sp³-hybridized carbons (Fsp3) is 0.417. The predicted octanol–water partition coefficient (Wildman–Crippen LogP) is 1.51. The van der Waals surface area contributed by atoms with Gasteiger partial charge in [0.1, 0.15) is 0 Å². The Morgan fingerprint density at radius 3 is 2.93 bits per heavy atom. The zero-order valence-corrected chi connectivity index (χ0v) is 8.61. The van der Waals surface area contributed by atoms with Gasteiger partial charge in [0.05, 0.1) is 6.10 Å². The van der Waals surface area contributed by atoms with E-state index in [2.05, 4.69) is 0 Å². The normalized spacial score (nSPS) is 20.4. The van der Waals surface area contributed by atoms with Crippen molar-refractivity contribution in [3.63, 3.8) is 0 Å². The van der Waals surface area contributed by atoms with Crippen molar-refractivity contribution in [2.24, 2.45) is 5.73 Å². The molecular formula is C12H15NO2. The molecule has 3 heteroatoms. The molecule has 0 saturated carbocycles. The molecule has 1 fully saturated rings. The Bertz CT molecular complexity index is 356. The van der Waals surface area contributed by atoms with E-state index < -0.39 is 0 Å². The Hall–Kier alpha value is -1.35. The summed E-state index contributed by atoms with van der Waals surface area (Å²) in [6.07, 6.45) is 3.24. The summed E-state index contributed by atoms with van der Waals surface area (Å²) in [5, 5.41) is 0. The van der Waals surface area contributed by atoms with Crippen LogP contribution in [0.1, 0.15) is 28.8 Å². The van der Waals surface area contributed by atoms with Crippen LogP contribution in [-0.4, -0.2) is 18.6 Å². The van der Waals surface area contributed by atoms with Crippen LogP contribution in [0.15, 0.2) is 24.3 Å². The Morgan fingerprint density at radius 1 is 1.47 bits per heavy atom. The van der Waals surface area contributed by atoms with E-state index in [0.717, 1.165) is 31.4 Å². The average molecular weight is 205 g/mol. The molecule has 1 saturated heterocycles. The molecule has 1 aliphatic rings. The molecule has 0 spiro atoms. The van der Waals surface area contributed by atoms with Gasteiger partial charge in [0.25, 0.3) is 0 Å². The first-order chi connectivity index (χ1) is 7.27. The molecule has 0 radical (unpaired) electrons. The summed E-state index contributed by atoms with van der Waals surface area (Å²) in [4.78, 5) is 11.2. The summed E-state index contributed by atoms with van der Waals surface area (Å²) in [7, 11) is 0. The van der Waals surface area contributed by atoms with Crippen LogP contribution in [0.25, 0.3) is 0 Å². The van der Waals surface area contributed by atoms with E-state index in [-0.39, 0.29) is 12.0 Å². The fourth-order valence-corrected chi connectivity index (χ4v) is 1.99. The van der Waals surface area contributed by atoms with Gasteiger partial charge >= 0.3 is 0 Å². The lowest BCUT2D eigenvalue weighted by Gasteiger charge is -2.11. The first-order valence-corrected chi connectivity index (χ1v) is 5.26. The van der Waals surface area contributed by atoms with Crippen LogP contribution in [0.3, 0.4) is 0 Å². The minimum atomic E-state index is -0.358. The highest BCUT2D eigenvalue weighted by Crippen LogP contribution is 2.19. The third-order valence-corrected chi connectivity index (χ3v) is 2.75. The second-order valence-corrected chi connectivity index (χ2v) is 3.86. The second-order valence-electron chi connectivity index (χ2n) is 3.86. The number of carbonyl (C=O) groups is 1. The van der Waals surface area contributed by atoms with Crippen LogP contribution < -0.4 is 5.73 Å². The average Bonchev–Trinajstić information content (AvgIpc) is 2.71. The molecule has 2 N–H and O–H groups in total. The summed E-state index contributed by atoms with van der Waals surface area (Å²) in [6, 6.07) is 7.48. The number of hydrogen-bond donors (Lipinski definition) is 1. The maximum Gasteiger partial charge on any atom is 0.248 e. The zero-order chi connectivity index (χ0) is 10.7. The van der Waals surface area contributed by atoms with E-state index in [4.69, 9.17) is 10.5 Å². The predicted molar refractivity (Wildman–Crippen MR) is 57.6 cm³/mol. The largest absolute Gasteiger partial charge is 0.378 e. The van der Waals surface area contributed by atoms with Crippen molar-refractivity contribution in [3.8, 4) is 0 Å². The third kappa shape index (κ3) is 2.36. The standard InChI is InChI=1S/C12H15NO2/c13-12(14)11-6-2-1-4-9(11)8-10-5-3-7-15-10/h1-2,4,6,10H,3,5,7-8H2,(H2,13,14)/t10-/m1/s1. The third-order valence-electron chi connectivity index (χ3n) is 2.75. The van der Waals surface area contributed by atoms with E-state index in [1.165, 1.54) is 0 Å². The Balaban J connectivity index is 2.15. The topological polar surface area (TPSA) is 52.3 Å². The lowest BCUT2D eigenvalue weighted by atomic mass is 10.00. The van der Waals surface area contributed by atoms with Crippen LogP contribution in [0, 0.1) is 0 Å². The maximum atomic E-state index is 11.2. The van der Waals surface area contributed by atoms with E-state index in [0.29, 0.717) is 5.56 Å². The lowest BCUT2D eigenvalue weighted by Crippen LogP contribution is -2.17. The number of rotatable bonds is 3. The van der Waals surface area contributed by atoms with Gasteiger partial charge in [-0.25, -0.2) is 0 Å². The van der Waals surface area contributed by atoms with Gasteiger partial charge in [-0.3, -0.25) is 4.79 Å². The number of amides is 1. The lowest BCUT2D eigenvalue weighted by molar-refractivity contribution is 0.0993. The second kappa shape index (κ2) is 4.45. The molecule has 0 bridgehead atoms. The van der Waals surface area contributed by atoms with Crippen molar-refractivity contribution in [2.75, 3.05) is 6.61 Å². The van der Waals surface area contributed by atoms with Crippen LogP contribution >= 0.6 is 0 Å². The first-order valence-electron chi connectivity index (χ1n) is 5.26. The summed E-state index contributed by atoms with van der Waals surface area (Å²) in [5.74, 6) is -0.358. The van der Waals surface area contributed by atoms with Gasteiger partial charge in [-0.05, 0) is 30.9 Å². The number of ether oxygens (including phenoxy) is 1. The van der Waals surface area contributed by atoms with Gasteiger partial charge in [0, 0.05) is 12.2 Å². The van der Waals surface area contributed by atoms with Crippen molar-refractivity contribution in [3.05, 3.63) is 35.4 Å². The molecular weight excluding hydrogens is 190 g/mol. The Morgan fingerprint density at radius 2 is 2.27 bits per heavy atom. The Labute approximate surface area is 89.2 Å². The summed E-state index contributed by atoms with van der Waals surface area (Å²) >= 11 is 0. The minimum absolute atomic E-state index is 0.255. The molecule has 1 aliphatic heterocycles. The highest BCUT2D eigenvalue weighted by atomic mass is 16.5. The van der Waals surface area contributed by atoms with Gasteiger partial charge in [0.15, 0.2) is 0 Å². The van der Waals surface area contributed by atoms with Gasteiger partial charge in [-0.2, -0.15) is 0 Å². The van der Waals surface area contributed by atoms with Crippen molar-refractivity contribution in [2.45, 2.75) is 25.4 Å². The van der Waals surface area contributed by atoms with E-state index in [9.17, 15) is 4.79 Å². The molecule has 1 aromatic carbocycles. The molecule has 1 amide bonds. The molecule has 0 unspecified atom stereocenters. The SMILES string of the molecule is NC(=O)c1ccccc1C[C@H]1CCCO1. The van der Waals surface area contributed by atoms with Crippen LogP contribution in [-0.2, 0) is 11.2 Å². The molecule has 15 heavy (non-hydrogen) atoms. The number of carbonyl (C=O) groups excluding carboxylic acids is 1. The first kappa shape index (κ1) is 10.2. The maximum absolute atomic E-state index is 11.2. The van der Waals surface area contributed by atoms with E-state index >= 15 is 0 Å². The van der Waals surface area contributed by atoms with Crippen LogP contribution in [0.5, 0.6) is 0 Å². The number of primary amides is 1. The zero-order valence-electron chi connectivity index (χ0n) is 8.61. The van der Waals surface area contributed by atoms with Crippen LogP contribution in [0.4, 0.5) is 0 Å². The van der Waals surface area contributed by atoms with E-state index in [1.807, 2.05) is 18.2 Å². The quantitative estimate of drug-likeness (QED) is 0.813. The molecule has 80 valence electrons. The molecule has 0 aromatic heterocycles. The molecule has 2 rings (SSSR count). The molecule has 3 nitrogen and oxygen atoms in total. The van der Waals surface area contributed by atoms with Gasteiger partial charge in [-0.15, -0.1) is 0 Å². The van der Waals surface area contributed by atoms with Crippen molar-refractivity contribution in [1.82, 2.24) is 0 Å². The number of nitrogens with two attached hydrogens (primary N) is 1. The Kier molecular flexibility index (Phi) is 3.02. The van der Waals surface area contributed by atoms with Gasteiger partial charge in [-0.1, -0.05) is 18.2 Å². The summed E-state index contributed by atoms with van der Waals surface area (Å²) < 4.78 is 5.54. The summed E-state index contributed by atoms with van der Waals surface area (Å²) in [5.41, 5.74) is 6.92. The van der Waals surface area contributed by atoms with Gasteiger partial charge in [0.2, 0.25) is 5.91 Å². The van der Waals surface area contributed by atoms with Crippen molar-refractivity contribution in [1.29, 1.82) is 0 Å². The van der Waals surface area contributed by atoms with Crippen molar-refractivity contribution >= 4 is 5.91 Å². The number of benzene rings is 1. The molecule has 1 atom stereocenters.